The average molecular weight is 422 g/mol. The quantitative estimate of drug-likeness (QED) is 0.525. The number of methoxy groups -OCH3 is 1. The van der Waals surface area contributed by atoms with E-state index in [1.54, 1.807) is 18.2 Å². The zero-order chi connectivity index (χ0) is 22.5. The van der Waals surface area contributed by atoms with Crippen LogP contribution in [0.4, 0.5) is 10.5 Å². The molecular formula is C23H26N4O4. The van der Waals surface area contributed by atoms with Crippen molar-refractivity contribution in [2.24, 2.45) is 5.92 Å². The van der Waals surface area contributed by atoms with Crippen molar-refractivity contribution in [1.29, 1.82) is 0 Å². The van der Waals surface area contributed by atoms with E-state index in [4.69, 9.17) is 4.74 Å². The Kier molecular flexibility index (Phi) is 6.69. The van der Waals surface area contributed by atoms with Crippen molar-refractivity contribution in [3.63, 3.8) is 0 Å². The van der Waals surface area contributed by atoms with E-state index in [0.29, 0.717) is 28.6 Å². The van der Waals surface area contributed by atoms with Crippen LogP contribution in [0.15, 0.2) is 47.3 Å². The second-order valence-electron chi connectivity index (χ2n) is 7.46. The molecule has 0 unspecified atom stereocenters. The maximum absolute atomic E-state index is 12.6. The maximum Gasteiger partial charge on any atom is 0.328 e. The molecule has 8 heteroatoms. The van der Waals surface area contributed by atoms with Gasteiger partial charge in [-0.05, 0) is 30.5 Å². The number of rotatable bonds is 6. The van der Waals surface area contributed by atoms with Crippen LogP contribution in [0.2, 0.25) is 0 Å². The van der Waals surface area contributed by atoms with Gasteiger partial charge in [0.05, 0.1) is 18.2 Å². The largest absolute Gasteiger partial charge is 0.467 e. The lowest BCUT2D eigenvalue weighted by Gasteiger charge is -2.22. The van der Waals surface area contributed by atoms with E-state index in [1.807, 2.05) is 45.0 Å². The van der Waals surface area contributed by atoms with Crippen molar-refractivity contribution in [3.8, 4) is 11.3 Å². The number of nitrogens with one attached hydrogen (secondary N) is 3. The molecule has 0 fully saturated rings. The van der Waals surface area contributed by atoms with Crippen molar-refractivity contribution in [2.75, 3.05) is 12.4 Å². The van der Waals surface area contributed by atoms with Gasteiger partial charge in [-0.15, -0.1) is 0 Å². The van der Waals surface area contributed by atoms with Crippen LogP contribution in [0.1, 0.15) is 25.8 Å². The topological polar surface area (TPSA) is 113 Å². The minimum Gasteiger partial charge on any atom is -0.467 e. The highest BCUT2D eigenvalue weighted by atomic mass is 16.5. The number of aromatic amines is 1. The monoisotopic (exact) mass is 422 g/mol. The molecule has 1 heterocycles. The van der Waals surface area contributed by atoms with Gasteiger partial charge >= 0.3 is 12.0 Å². The number of urea groups is 1. The highest BCUT2D eigenvalue weighted by Gasteiger charge is 2.26. The van der Waals surface area contributed by atoms with Crippen LogP contribution in [0.5, 0.6) is 0 Å². The van der Waals surface area contributed by atoms with Gasteiger partial charge in [0, 0.05) is 16.6 Å². The van der Waals surface area contributed by atoms with Crippen LogP contribution in [-0.4, -0.2) is 35.3 Å². The number of benzene rings is 2. The van der Waals surface area contributed by atoms with E-state index in [9.17, 15) is 14.4 Å². The van der Waals surface area contributed by atoms with E-state index in [0.717, 1.165) is 11.1 Å². The zero-order valence-corrected chi connectivity index (χ0v) is 18.0. The number of carbonyl (C=O) groups is 2. The number of fused-ring (bicyclic) bond motifs is 1. The average Bonchev–Trinajstić information content (AvgIpc) is 2.78. The van der Waals surface area contributed by atoms with Gasteiger partial charge in [-0.2, -0.15) is 5.10 Å². The predicted molar refractivity (Wildman–Crippen MR) is 120 cm³/mol. The fraction of sp³-hybridized carbons (Fsp3) is 0.304. The molecule has 8 nitrogen and oxygen atoms in total. The van der Waals surface area contributed by atoms with Gasteiger partial charge in [0.2, 0.25) is 0 Å². The summed E-state index contributed by atoms with van der Waals surface area (Å²) in [7, 11) is 1.30. The van der Waals surface area contributed by atoms with E-state index < -0.39 is 18.0 Å². The SMILES string of the molecule is CC[C@@H](C)[C@@H](NC(=O)Nc1cc(-c2n[nH]c(=O)c3ccccc23)ccc1C)C(=O)OC. The molecule has 0 aliphatic heterocycles. The summed E-state index contributed by atoms with van der Waals surface area (Å²) < 4.78 is 4.82. The maximum atomic E-state index is 12.6. The first-order valence-corrected chi connectivity index (χ1v) is 10.1. The molecule has 0 aliphatic carbocycles. The van der Waals surface area contributed by atoms with Gasteiger partial charge in [-0.25, -0.2) is 14.7 Å². The molecule has 0 aliphatic rings. The lowest BCUT2D eigenvalue weighted by molar-refractivity contribution is -0.144. The standard InChI is InChI=1S/C23H26N4O4/c1-5-13(2)19(22(29)31-4)25-23(30)24-18-12-15(11-10-14(18)3)20-16-8-6-7-9-17(16)21(28)27-26-20/h6-13,19H,5H2,1-4H3,(H,27,28)(H2,24,25,30)/t13-,19-/m1/s1. The predicted octanol–water partition coefficient (Wildman–Crippen LogP) is 3.61. The minimum atomic E-state index is -0.747. The first-order chi connectivity index (χ1) is 14.8. The lowest BCUT2D eigenvalue weighted by Crippen LogP contribution is -2.47. The summed E-state index contributed by atoms with van der Waals surface area (Å²) in [5.74, 6) is -0.568. The van der Waals surface area contributed by atoms with E-state index >= 15 is 0 Å². The molecular weight excluding hydrogens is 396 g/mol. The van der Waals surface area contributed by atoms with Gasteiger partial charge in [0.1, 0.15) is 6.04 Å². The Morgan fingerprint density at radius 2 is 1.87 bits per heavy atom. The first kappa shape index (κ1) is 22.0. The van der Waals surface area contributed by atoms with E-state index in [1.165, 1.54) is 7.11 Å². The summed E-state index contributed by atoms with van der Waals surface area (Å²) in [6, 6.07) is 11.5. The molecule has 2 aromatic carbocycles. The highest BCUT2D eigenvalue weighted by molar-refractivity contribution is 5.96. The fourth-order valence-electron chi connectivity index (χ4n) is 3.33. The van der Waals surface area contributed by atoms with E-state index in [-0.39, 0.29) is 11.5 Å². The molecule has 3 rings (SSSR count). The number of anilines is 1. The Labute approximate surface area is 180 Å². The molecule has 162 valence electrons. The summed E-state index contributed by atoms with van der Waals surface area (Å²) in [5.41, 5.74) is 2.49. The zero-order valence-electron chi connectivity index (χ0n) is 18.0. The van der Waals surface area contributed by atoms with Gasteiger partial charge in [-0.3, -0.25) is 4.79 Å². The van der Waals surface area contributed by atoms with Crippen LogP contribution in [0.3, 0.4) is 0 Å². The van der Waals surface area contributed by atoms with Gasteiger partial charge in [0.25, 0.3) is 5.56 Å². The molecule has 0 radical (unpaired) electrons. The third kappa shape index (κ3) is 4.74. The summed E-state index contributed by atoms with van der Waals surface area (Å²) in [5, 5.41) is 13.5. The normalized spacial score (nSPS) is 12.8. The Morgan fingerprint density at radius 3 is 2.55 bits per heavy atom. The third-order valence-electron chi connectivity index (χ3n) is 5.41. The summed E-state index contributed by atoms with van der Waals surface area (Å²) in [4.78, 5) is 36.8. The summed E-state index contributed by atoms with van der Waals surface area (Å²) >= 11 is 0. The smallest absolute Gasteiger partial charge is 0.328 e. The number of amides is 2. The number of hydrogen-bond acceptors (Lipinski definition) is 5. The van der Waals surface area contributed by atoms with E-state index in [2.05, 4.69) is 20.8 Å². The number of ether oxygens (including phenoxy) is 1. The Morgan fingerprint density at radius 1 is 1.16 bits per heavy atom. The summed E-state index contributed by atoms with van der Waals surface area (Å²) in [6.07, 6.45) is 0.708. The number of carbonyl (C=O) groups excluding carboxylic acids is 2. The number of hydrogen-bond donors (Lipinski definition) is 3. The van der Waals surface area contributed by atoms with Gasteiger partial charge in [-0.1, -0.05) is 50.6 Å². The first-order valence-electron chi connectivity index (χ1n) is 10.1. The molecule has 1 aromatic heterocycles. The molecule has 0 saturated carbocycles. The van der Waals surface area contributed by atoms with Crippen molar-refractivity contribution < 1.29 is 14.3 Å². The number of H-pyrrole nitrogens is 1. The number of aromatic nitrogens is 2. The Bertz CT molecular complexity index is 1170. The van der Waals surface area contributed by atoms with Crippen LogP contribution in [0.25, 0.3) is 22.0 Å². The number of aryl methyl sites for hydroxylation is 1. The van der Waals surface area contributed by atoms with Crippen LogP contribution >= 0.6 is 0 Å². The van der Waals surface area contributed by atoms with Crippen LogP contribution in [-0.2, 0) is 9.53 Å². The Balaban J connectivity index is 1.90. The Hall–Kier alpha value is -3.68. The second kappa shape index (κ2) is 9.42. The van der Waals surface area contributed by atoms with Crippen molar-refractivity contribution in [1.82, 2.24) is 15.5 Å². The molecule has 3 N–H and O–H groups in total. The van der Waals surface area contributed by atoms with Crippen LogP contribution < -0.4 is 16.2 Å². The van der Waals surface area contributed by atoms with Gasteiger partial charge < -0.3 is 15.4 Å². The number of esters is 1. The molecule has 2 amide bonds. The number of nitrogens with zero attached hydrogens (tertiary/aromatic N) is 1. The molecule has 31 heavy (non-hydrogen) atoms. The minimum absolute atomic E-state index is 0.0812. The molecule has 2 atom stereocenters. The van der Waals surface area contributed by atoms with Gasteiger partial charge in [0.15, 0.2) is 0 Å². The fourth-order valence-corrected chi connectivity index (χ4v) is 3.33. The molecule has 0 bridgehead atoms. The third-order valence-corrected chi connectivity index (χ3v) is 5.41. The molecule has 0 saturated heterocycles. The highest BCUT2D eigenvalue weighted by Crippen LogP contribution is 2.28. The molecule has 3 aromatic rings. The molecule has 0 spiro atoms. The van der Waals surface area contributed by atoms with Crippen molar-refractivity contribution in [3.05, 3.63) is 58.4 Å². The van der Waals surface area contributed by atoms with Crippen molar-refractivity contribution in [2.45, 2.75) is 33.2 Å². The van der Waals surface area contributed by atoms with Crippen LogP contribution in [0, 0.1) is 12.8 Å². The summed E-state index contributed by atoms with van der Waals surface area (Å²) in [6.45, 7) is 5.68. The van der Waals surface area contributed by atoms with Crippen molar-refractivity contribution >= 4 is 28.5 Å². The second-order valence-corrected chi connectivity index (χ2v) is 7.46. The lowest BCUT2D eigenvalue weighted by atomic mass is 9.99.